The van der Waals surface area contributed by atoms with Crippen LogP contribution in [0.15, 0.2) is 0 Å². The first kappa shape index (κ1) is 35.6. The van der Waals surface area contributed by atoms with Crippen LogP contribution in [0.2, 0.25) is 0 Å². The number of nitrogens with zero attached hydrogens (tertiary/aromatic N) is 1. The normalized spacial score (nSPS) is 14.5. The van der Waals surface area contributed by atoms with E-state index in [9.17, 15) is 14.4 Å². The largest absolute Gasteiger partial charge is 0.466 e. The number of esters is 2. The molecule has 1 N–H and O–H groups in total. The van der Waals surface area contributed by atoms with Crippen LogP contribution in [-0.4, -0.2) is 69.2 Å². The molecule has 0 aromatic carbocycles. The summed E-state index contributed by atoms with van der Waals surface area (Å²) in [4.78, 5) is 37.9. The van der Waals surface area contributed by atoms with Gasteiger partial charge in [-0.15, -0.1) is 0 Å². The van der Waals surface area contributed by atoms with Crippen LogP contribution in [0.5, 0.6) is 0 Å². The maximum atomic E-state index is 12.9. The molecular weight excluding hydrogens is 516 g/mol. The van der Waals surface area contributed by atoms with E-state index in [0.717, 1.165) is 38.5 Å². The molecule has 0 saturated carbocycles. The standard InChI is InChI=1S/C34H66N2O5/c1-6-8-10-12-14-16-18-20-22-24-28-40-33(38)27-26-31(35-32(37)30-36(3,4)5)34(39)41-29-25-23-21-19-17-15-13-11-9-7-2/h31H,6-30H2,1-5H3/p+1/t31-/m0/s1/i28D,29D/t28?,29?,31-. The van der Waals surface area contributed by atoms with Gasteiger partial charge in [-0.25, -0.2) is 4.79 Å². The highest BCUT2D eigenvalue weighted by atomic mass is 16.5. The van der Waals surface area contributed by atoms with E-state index in [0.29, 0.717) is 17.3 Å². The minimum atomic E-state index is -1.04. The number of ether oxygens (including phenoxy) is 2. The number of carbonyl (C=O) groups is 3. The maximum Gasteiger partial charge on any atom is 0.328 e. The molecule has 0 spiro atoms. The summed E-state index contributed by atoms with van der Waals surface area (Å²) in [5.41, 5.74) is 0. The molecule has 0 aromatic heterocycles. The molecule has 0 bridgehead atoms. The van der Waals surface area contributed by atoms with Crippen LogP contribution < -0.4 is 5.32 Å². The molecule has 0 heterocycles. The van der Waals surface area contributed by atoms with E-state index in [1.165, 1.54) is 77.0 Å². The monoisotopic (exact) mass is 586 g/mol. The third-order valence-electron chi connectivity index (χ3n) is 7.14. The van der Waals surface area contributed by atoms with E-state index >= 15 is 0 Å². The minimum Gasteiger partial charge on any atom is -0.466 e. The van der Waals surface area contributed by atoms with Gasteiger partial charge in [0.1, 0.15) is 6.04 Å². The molecule has 0 fully saturated rings. The molecule has 3 atom stereocenters. The highest BCUT2D eigenvalue weighted by molar-refractivity contribution is 5.85. The number of rotatable bonds is 29. The SMILES string of the molecule is [2H]C(CCCCCCCCCCC)OC(=O)CC[C@H](NC(=O)C[N+](C)(C)C)C(=O)OC([2H])CCCCCCCCCCC. The Hall–Kier alpha value is -1.63. The van der Waals surface area contributed by atoms with E-state index in [-0.39, 0.29) is 25.3 Å². The van der Waals surface area contributed by atoms with E-state index < -0.39 is 31.1 Å². The number of hydrogen-bond acceptors (Lipinski definition) is 5. The summed E-state index contributed by atoms with van der Waals surface area (Å²) in [5.74, 6) is -1.59. The Morgan fingerprint density at radius 3 is 1.44 bits per heavy atom. The number of carbonyl (C=O) groups excluding carboxylic acids is 3. The van der Waals surface area contributed by atoms with Gasteiger partial charge in [0, 0.05) is 6.42 Å². The van der Waals surface area contributed by atoms with Crippen LogP contribution in [0, 0.1) is 0 Å². The second-order valence-corrected chi connectivity index (χ2v) is 12.6. The number of unbranched alkanes of at least 4 members (excludes halogenated alkanes) is 16. The molecule has 0 rings (SSSR count). The number of nitrogens with one attached hydrogen (secondary N) is 1. The molecular formula is C34H67N2O5+. The van der Waals surface area contributed by atoms with E-state index in [2.05, 4.69) is 19.2 Å². The molecule has 1 amide bonds. The zero-order valence-electron chi connectivity index (χ0n) is 29.5. The van der Waals surface area contributed by atoms with Gasteiger partial charge in [0.25, 0.3) is 5.91 Å². The summed E-state index contributed by atoms with van der Waals surface area (Å²) < 4.78 is 27.3. The van der Waals surface area contributed by atoms with Crippen molar-refractivity contribution in [3.8, 4) is 0 Å². The molecule has 0 aliphatic carbocycles. The Morgan fingerprint density at radius 1 is 0.634 bits per heavy atom. The average Bonchev–Trinajstić information content (AvgIpc) is 2.92. The second-order valence-electron chi connectivity index (χ2n) is 12.6. The molecule has 41 heavy (non-hydrogen) atoms. The average molecular weight is 586 g/mol. The van der Waals surface area contributed by atoms with Crippen molar-refractivity contribution in [2.24, 2.45) is 0 Å². The van der Waals surface area contributed by atoms with Crippen molar-refractivity contribution >= 4 is 17.8 Å². The topological polar surface area (TPSA) is 81.7 Å². The Morgan fingerprint density at radius 2 is 1.02 bits per heavy atom. The van der Waals surface area contributed by atoms with E-state index in [4.69, 9.17) is 12.2 Å². The second kappa shape index (κ2) is 27.2. The number of quaternary nitrogens is 1. The molecule has 7 nitrogen and oxygen atoms in total. The Kier molecular flexibility index (Phi) is 23.6. The van der Waals surface area contributed by atoms with Gasteiger partial charge in [-0.05, 0) is 19.3 Å². The van der Waals surface area contributed by atoms with Gasteiger partial charge in [-0.1, -0.05) is 129 Å². The predicted octanol–water partition coefficient (Wildman–Crippen LogP) is 7.89. The van der Waals surface area contributed by atoms with Crippen LogP contribution in [0.1, 0.15) is 158 Å². The van der Waals surface area contributed by atoms with Gasteiger partial charge >= 0.3 is 11.9 Å². The van der Waals surface area contributed by atoms with E-state index in [1.807, 2.05) is 21.1 Å². The van der Waals surface area contributed by atoms with Crippen molar-refractivity contribution in [1.29, 1.82) is 0 Å². The van der Waals surface area contributed by atoms with Crippen molar-refractivity contribution in [2.75, 3.05) is 40.9 Å². The summed E-state index contributed by atoms with van der Waals surface area (Å²) in [6.07, 6.45) is 22.0. The molecule has 0 radical (unpaired) electrons. The molecule has 0 aromatic rings. The smallest absolute Gasteiger partial charge is 0.328 e. The lowest BCUT2D eigenvalue weighted by molar-refractivity contribution is -0.862. The lowest BCUT2D eigenvalue weighted by Crippen LogP contribution is -2.49. The van der Waals surface area contributed by atoms with Crippen LogP contribution in [0.3, 0.4) is 0 Å². The third-order valence-corrected chi connectivity index (χ3v) is 7.14. The molecule has 2 unspecified atom stereocenters. The van der Waals surface area contributed by atoms with Gasteiger partial charge < -0.3 is 19.3 Å². The van der Waals surface area contributed by atoms with Crippen molar-refractivity contribution < 1.29 is 31.1 Å². The first-order valence-electron chi connectivity index (χ1n) is 18.0. The Bertz CT molecular complexity index is 717. The van der Waals surface area contributed by atoms with Gasteiger partial charge in [0.05, 0.1) is 37.1 Å². The fraction of sp³-hybridized carbons (Fsp3) is 0.912. The molecule has 242 valence electrons. The summed E-state index contributed by atoms with van der Waals surface area (Å²) in [5, 5.41) is 2.69. The molecule has 0 aliphatic heterocycles. The summed E-state index contributed by atoms with van der Waals surface area (Å²) in [6, 6.07) is -1.04. The zero-order valence-corrected chi connectivity index (χ0v) is 27.5. The third kappa shape index (κ3) is 28.3. The molecule has 7 heteroatoms. The Labute approximate surface area is 256 Å². The zero-order chi connectivity index (χ0) is 32.3. The lowest BCUT2D eigenvalue weighted by atomic mass is 10.1. The molecule has 0 aliphatic rings. The van der Waals surface area contributed by atoms with E-state index in [1.54, 1.807) is 0 Å². The number of likely N-dealkylation sites (N-methyl/N-ethyl adjacent to an activating group) is 1. The van der Waals surface area contributed by atoms with Crippen molar-refractivity contribution in [3.63, 3.8) is 0 Å². The van der Waals surface area contributed by atoms with Crippen LogP contribution >= 0.6 is 0 Å². The highest BCUT2D eigenvalue weighted by Crippen LogP contribution is 2.12. The predicted molar refractivity (Wildman–Crippen MR) is 170 cm³/mol. The van der Waals surface area contributed by atoms with Crippen molar-refractivity contribution in [3.05, 3.63) is 0 Å². The minimum absolute atomic E-state index is 0.00997. The maximum absolute atomic E-state index is 12.9. The van der Waals surface area contributed by atoms with Gasteiger partial charge in [0.15, 0.2) is 6.54 Å². The van der Waals surface area contributed by atoms with Gasteiger partial charge in [0.2, 0.25) is 0 Å². The first-order chi connectivity index (χ1) is 20.5. The quantitative estimate of drug-likeness (QED) is 0.0548. The molecule has 0 saturated heterocycles. The van der Waals surface area contributed by atoms with Crippen molar-refractivity contribution in [2.45, 2.75) is 161 Å². The number of hydrogen-bond donors (Lipinski definition) is 1. The van der Waals surface area contributed by atoms with Crippen LogP contribution in [-0.2, 0) is 23.9 Å². The van der Waals surface area contributed by atoms with Gasteiger partial charge in [-0.2, -0.15) is 0 Å². The van der Waals surface area contributed by atoms with Crippen LogP contribution in [0.4, 0.5) is 0 Å². The Balaban J connectivity index is 4.51. The van der Waals surface area contributed by atoms with Crippen molar-refractivity contribution in [1.82, 2.24) is 5.32 Å². The van der Waals surface area contributed by atoms with Gasteiger partial charge in [-0.3, -0.25) is 9.59 Å². The lowest BCUT2D eigenvalue weighted by Gasteiger charge is -2.24. The van der Waals surface area contributed by atoms with Crippen LogP contribution in [0.25, 0.3) is 0 Å². The highest BCUT2D eigenvalue weighted by Gasteiger charge is 2.26. The summed E-state index contributed by atoms with van der Waals surface area (Å²) in [6.45, 7) is 2.66. The first-order valence-corrected chi connectivity index (χ1v) is 16.8. The fourth-order valence-electron chi connectivity index (χ4n) is 4.69. The summed E-state index contributed by atoms with van der Waals surface area (Å²) >= 11 is 0. The summed E-state index contributed by atoms with van der Waals surface area (Å²) in [7, 11) is 5.62. The number of amides is 1. The fourth-order valence-corrected chi connectivity index (χ4v) is 4.69.